The fourth-order valence-corrected chi connectivity index (χ4v) is 5.13. The van der Waals surface area contributed by atoms with Gasteiger partial charge in [0.25, 0.3) is 0 Å². The number of aryl methyl sites for hydroxylation is 1. The molecule has 0 spiro atoms. The van der Waals surface area contributed by atoms with Crippen molar-refractivity contribution < 1.29 is 9.13 Å². The summed E-state index contributed by atoms with van der Waals surface area (Å²) in [5.41, 5.74) is 1.41. The predicted octanol–water partition coefficient (Wildman–Crippen LogP) is 2.50. The number of aliphatic imine (C=N–C) groups is 1. The maximum absolute atomic E-state index is 14.6. The molecular formula is C21H26FN5O. The van der Waals surface area contributed by atoms with Crippen LogP contribution in [0.25, 0.3) is 5.69 Å². The molecule has 2 bridgehead atoms. The van der Waals surface area contributed by atoms with Crippen molar-refractivity contribution >= 4 is 5.96 Å². The minimum absolute atomic E-state index is 0.250. The summed E-state index contributed by atoms with van der Waals surface area (Å²) >= 11 is 0. The van der Waals surface area contributed by atoms with Crippen molar-refractivity contribution in [1.29, 1.82) is 0 Å². The molecule has 0 aliphatic carbocycles. The summed E-state index contributed by atoms with van der Waals surface area (Å²) in [7, 11) is 1.81. The van der Waals surface area contributed by atoms with E-state index in [2.05, 4.69) is 20.2 Å². The number of ether oxygens (including phenoxy) is 1. The van der Waals surface area contributed by atoms with Crippen LogP contribution in [0.1, 0.15) is 24.2 Å². The SMILES string of the molecule is CN=C(NCc1ccc(-n2ccnc2C)c(F)c1)N1CC2C3CCC(O3)C2C1. The Morgan fingerprint density at radius 3 is 2.64 bits per heavy atom. The van der Waals surface area contributed by atoms with E-state index in [0.29, 0.717) is 36.3 Å². The Morgan fingerprint density at radius 2 is 2.04 bits per heavy atom. The fraction of sp³-hybridized carbons (Fsp3) is 0.524. The van der Waals surface area contributed by atoms with Gasteiger partial charge in [-0.2, -0.15) is 0 Å². The van der Waals surface area contributed by atoms with Crippen LogP contribution in [0.5, 0.6) is 0 Å². The molecule has 1 aromatic carbocycles. The van der Waals surface area contributed by atoms with Crippen LogP contribution in [0.4, 0.5) is 4.39 Å². The molecule has 0 saturated carbocycles. The Morgan fingerprint density at radius 1 is 1.29 bits per heavy atom. The highest BCUT2D eigenvalue weighted by molar-refractivity contribution is 5.80. The Labute approximate surface area is 164 Å². The van der Waals surface area contributed by atoms with Gasteiger partial charge in [0.15, 0.2) is 5.96 Å². The minimum atomic E-state index is -0.250. The molecule has 28 heavy (non-hydrogen) atoms. The highest BCUT2D eigenvalue weighted by atomic mass is 19.1. The summed E-state index contributed by atoms with van der Waals surface area (Å²) in [4.78, 5) is 11.0. The van der Waals surface area contributed by atoms with Gasteiger partial charge in [0.05, 0.1) is 17.9 Å². The maximum atomic E-state index is 14.6. The number of hydrogen-bond donors (Lipinski definition) is 1. The summed E-state index contributed by atoms with van der Waals surface area (Å²) in [6, 6.07) is 5.34. The molecule has 148 valence electrons. The van der Waals surface area contributed by atoms with Crippen molar-refractivity contribution in [3.05, 3.63) is 47.8 Å². The van der Waals surface area contributed by atoms with Crippen LogP contribution in [0.3, 0.4) is 0 Å². The van der Waals surface area contributed by atoms with Crippen LogP contribution in [0, 0.1) is 24.6 Å². The number of rotatable bonds is 3. The Balaban J connectivity index is 1.24. The Kier molecular flexibility index (Phi) is 4.34. The quantitative estimate of drug-likeness (QED) is 0.654. The number of nitrogens with zero attached hydrogens (tertiary/aromatic N) is 4. The first-order valence-electron chi connectivity index (χ1n) is 10.0. The number of benzene rings is 1. The first-order valence-corrected chi connectivity index (χ1v) is 10.0. The van der Waals surface area contributed by atoms with Gasteiger partial charge in [-0.05, 0) is 37.5 Å². The zero-order valence-corrected chi connectivity index (χ0v) is 16.3. The van der Waals surface area contributed by atoms with Crippen LogP contribution in [-0.2, 0) is 11.3 Å². The lowest BCUT2D eigenvalue weighted by Gasteiger charge is -2.23. The molecule has 2 aromatic rings. The smallest absolute Gasteiger partial charge is 0.193 e. The molecule has 3 fully saturated rings. The molecule has 0 amide bonds. The average molecular weight is 383 g/mol. The van der Waals surface area contributed by atoms with E-state index in [4.69, 9.17) is 4.74 Å². The number of halogens is 1. The second-order valence-electron chi connectivity index (χ2n) is 8.05. The van der Waals surface area contributed by atoms with Crippen molar-refractivity contribution in [2.45, 2.75) is 38.5 Å². The lowest BCUT2D eigenvalue weighted by Crippen LogP contribution is -2.41. The van der Waals surface area contributed by atoms with Crippen molar-refractivity contribution in [1.82, 2.24) is 19.8 Å². The predicted molar refractivity (Wildman–Crippen MR) is 105 cm³/mol. The number of hydrogen-bond acceptors (Lipinski definition) is 3. The normalized spacial score (nSPS) is 28.8. The molecule has 4 atom stereocenters. The lowest BCUT2D eigenvalue weighted by molar-refractivity contribution is 0.0767. The third-order valence-electron chi connectivity index (χ3n) is 6.51. The van der Waals surface area contributed by atoms with E-state index in [1.165, 1.54) is 12.8 Å². The molecule has 7 heteroatoms. The van der Waals surface area contributed by atoms with Gasteiger partial charge < -0.3 is 19.5 Å². The molecular weight excluding hydrogens is 357 g/mol. The molecule has 0 radical (unpaired) electrons. The lowest BCUT2D eigenvalue weighted by atomic mass is 9.82. The van der Waals surface area contributed by atoms with E-state index in [1.54, 1.807) is 29.1 Å². The van der Waals surface area contributed by atoms with E-state index < -0.39 is 0 Å². The van der Waals surface area contributed by atoms with E-state index in [9.17, 15) is 4.39 Å². The van der Waals surface area contributed by atoms with Crippen molar-refractivity contribution in [3.63, 3.8) is 0 Å². The largest absolute Gasteiger partial charge is 0.374 e. The topological polar surface area (TPSA) is 54.7 Å². The van der Waals surface area contributed by atoms with Gasteiger partial charge in [0.2, 0.25) is 0 Å². The summed E-state index contributed by atoms with van der Waals surface area (Å²) < 4.78 is 22.4. The summed E-state index contributed by atoms with van der Waals surface area (Å²) in [6.07, 6.45) is 6.73. The molecule has 4 heterocycles. The minimum Gasteiger partial charge on any atom is -0.374 e. The van der Waals surface area contributed by atoms with E-state index in [0.717, 1.165) is 30.4 Å². The maximum Gasteiger partial charge on any atom is 0.193 e. The number of guanidine groups is 1. The highest BCUT2D eigenvalue weighted by Crippen LogP contribution is 2.47. The highest BCUT2D eigenvalue weighted by Gasteiger charge is 2.53. The van der Waals surface area contributed by atoms with Crippen molar-refractivity contribution in [2.24, 2.45) is 16.8 Å². The number of likely N-dealkylation sites (tertiary alicyclic amines) is 1. The zero-order chi connectivity index (χ0) is 19.3. The molecule has 4 unspecified atom stereocenters. The van der Waals surface area contributed by atoms with E-state index in [1.807, 2.05) is 20.0 Å². The fourth-order valence-electron chi connectivity index (χ4n) is 5.13. The molecule has 3 aliphatic heterocycles. The molecule has 6 nitrogen and oxygen atoms in total. The zero-order valence-electron chi connectivity index (χ0n) is 16.3. The molecule has 1 N–H and O–H groups in total. The van der Waals surface area contributed by atoms with Crippen molar-refractivity contribution in [2.75, 3.05) is 20.1 Å². The summed E-state index contributed by atoms with van der Waals surface area (Å²) in [6.45, 7) is 4.40. The number of fused-ring (bicyclic) bond motifs is 5. The van der Waals surface area contributed by atoms with Gasteiger partial charge in [0.1, 0.15) is 11.6 Å². The second-order valence-corrected chi connectivity index (χ2v) is 8.05. The van der Waals surface area contributed by atoms with Crippen LogP contribution >= 0.6 is 0 Å². The Bertz CT molecular complexity index is 892. The summed E-state index contributed by atoms with van der Waals surface area (Å²) in [5.74, 6) is 2.67. The van der Waals surface area contributed by atoms with Crippen LogP contribution in [-0.4, -0.2) is 52.8 Å². The van der Waals surface area contributed by atoms with Gasteiger partial charge in [-0.25, -0.2) is 9.37 Å². The van der Waals surface area contributed by atoms with Crippen LogP contribution < -0.4 is 5.32 Å². The van der Waals surface area contributed by atoms with Gasteiger partial charge >= 0.3 is 0 Å². The summed E-state index contributed by atoms with van der Waals surface area (Å²) in [5, 5.41) is 3.41. The van der Waals surface area contributed by atoms with E-state index >= 15 is 0 Å². The number of aromatic nitrogens is 2. The third kappa shape index (κ3) is 2.89. The monoisotopic (exact) mass is 383 g/mol. The Hall–Kier alpha value is -2.41. The number of imidazole rings is 1. The van der Waals surface area contributed by atoms with Crippen molar-refractivity contribution in [3.8, 4) is 5.69 Å². The first-order chi connectivity index (χ1) is 13.6. The van der Waals surface area contributed by atoms with Gasteiger partial charge in [-0.1, -0.05) is 6.07 Å². The third-order valence-corrected chi connectivity index (χ3v) is 6.51. The second kappa shape index (κ2) is 6.88. The van der Waals surface area contributed by atoms with Gasteiger partial charge in [-0.15, -0.1) is 0 Å². The first kappa shape index (κ1) is 17.7. The molecule has 3 aliphatic rings. The van der Waals surface area contributed by atoms with Crippen LogP contribution in [0.2, 0.25) is 0 Å². The molecule has 1 aromatic heterocycles. The average Bonchev–Trinajstić information content (AvgIpc) is 3.45. The van der Waals surface area contributed by atoms with E-state index in [-0.39, 0.29) is 5.82 Å². The van der Waals surface area contributed by atoms with Gasteiger partial charge in [-0.3, -0.25) is 4.99 Å². The number of nitrogens with one attached hydrogen (secondary N) is 1. The van der Waals surface area contributed by atoms with Crippen LogP contribution in [0.15, 0.2) is 35.6 Å². The standard InChI is InChI=1S/C21H26FN5O/c1-13-24-7-8-27(13)18-4-3-14(9-17(18)22)10-25-21(23-2)26-11-15-16(12-26)20-6-5-19(15)28-20/h3-4,7-9,15-16,19-20H,5-6,10-12H2,1-2H3,(H,23,25). The molecule has 5 rings (SSSR count). The molecule has 3 saturated heterocycles. The van der Waals surface area contributed by atoms with Gasteiger partial charge in [0, 0.05) is 50.9 Å².